The van der Waals surface area contributed by atoms with Crippen LogP contribution in [0.15, 0.2) is 53.4 Å². The van der Waals surface area contributed by atoms with E-state index in [0.717, 1.165) is 6.42 Å². The largest absolute Gasteiger partial charge is 0.484 e. The summed E-state index contributed by atoms with van der Waals surface area (Å²) < 4.78 is 37.9. The average Bonchev–Trinajstić information content (AvgIpc) is 2.64. The summed E-state index contributed by atoms with van der Waals surface area (Å²) in [6.07, 6.45) is 0.724. The second-order valence-electron chi connectivity index (χ2n) is 5.88. The summed E-state index contributed by atoms with van der Waals surface area (Å²) in [4.78, 5) is 11.9. The quantitative estimate of drug-likeness (QED) is 0.605. The minimum absolute atomic E-state index is 0.125. The Labute approximate surface area is 159 Å². The third-order valence-corrected chi connectivity index (χ3v) is 5.07. The first-order valence-electron chi connectivity index (χ1n) is 8.49. The van der Waals surface area contributed by atoms with Crippen LogP contribution in [0.3, 0.4) is 0 Å². The second-order valence-corrected chi connectivity index (χ2v) is 7.57. The Morgan fingerprint density at radius 2 is 1.85 bits per heavy atom. The molecule has 0 aromatic heterocycles. The fraction of sp³-hybridized carbons (Fsp3) is 0.316. The minimum atomic E-state index is -3.70. The Balaban J connectivity index is 1.95. The number of methoxy groups -OCH3 is 1. The van der Waals surface area contributed by atoms with Crippen molar-refractivity contribution in [3.05, 3.63) is 54.1 Å². The number of aryl methyl sites for hydroxylation is 1. The Morgan fingerprint density at radius 1 is 1.11 bits per heavy atom. The fourth-order valence-electron chi connectivity index (χ4n) is 2.31. The first kappa shape index (κ1) is 20.7. The first-order chi connectivity index (χ1) is 12.9. The molecule has 0 aliphatic rings. The summed E-state index contributed by atoms with van der Waals surface area (Å²) in [6, 6.07) is 13.2. The normalized spacial score (nSPS) is 11.0. The molecule has 0 aliphatic heterocycles. The van der Waals surface area contributed by atoms with Gasteiger partial charge in [0, 0.05) is 25.9 Å². The second kappa shape index (κ2) is 9.94. The third kappa shape index (κ3) is 6.58. The summed E-state index contributed by atoms with van der Waals surface area (Å²) in [7, 11) is -2.09. The summed E-state index contributed by atoms with van der Waals surface area (Å²) in [6.45, 7) is 2.68. The van der Waals surface area contributed by atoms with Crippen LogP contribution in [0.4, 0.5) is 5.69 Å². The van der Waals surface area contributed by atoms with E-state index < -0.39 is 10.0 Å². The molecule has 2 rings (SSSR count). The fourth-order valence-corrected chi connectivity index (χ4v) is 3.45. The number of anilines is 1. The molecule has 8 heteroatoms. The van der Waals surface area contributed by atoms with Crippen LogP contribution in [0.2, 0.25) is 0 Å². The molecule has 0 bridgehead atoms. The molecule has 0 radical (unpaired) electrons. The molecular weight excluding hydrogens is 368 g/mol. The molecule has 0 fully saturated rings. The van der Waals surface area contributed by atoms with Gasteiger partial charge in [-0.15, -0.1) is 0 Å². The van der Waals surface area contributed by atoms with Crippen LogP contribution in [0.25, 0.3) is 0 Å². The molecule has 27 heavy (non-hydrogen) atoms. The van der Waals surface area contributed by atoms with Gasteiger partial charge in [-0.05, 0) is 49.2 Å². The molecule has 0 saturated heterocycles. The van der Waals surface area contributed by atoms with Gasteiger partial charge in [0.25, 0.3) is 15.9 Å². The van der Waals surface area contributed by atoms with E-state index in [1.54, 1.807) is 44.4 Å². The van der Waals surface area contributed by atoms with Gasteiger partial charge in [0.15, 0.2) is 6.61 Å². The number of carbonyl (C=O) groups is 1. The Bertz CT molecular complexity index is 854. The van der Waals surface area contributed by atoms with E-state index in [2.05, 4.69) is 10.0 Å². The van der Waals surface area contributed by atoms with Crippen LogP contribution in [-0.2, 0) is 19.6 Å². The van der Waals surface area contributed by atoms with E-state index in [4.69, 9.17) is 9.47 Å². The lowest BCUT2D eigenvalue weighted by atomic mass is 10.2. The van der Waals surface area contributed by atoms with Crippen molar-refractivity contribution in [1.29, 1.82) is 0 Å². The molecular formula is C19H24N2O5S. The number of para-hydroxylation sites is 1. The van der Waals surface area contributed by atoms with Crippen LogP contribution in [-0.4, -0.2) is 41.2 Å². The van der Waals surface area contributed by atoms with Crippen molar-refractivity contribution in [2.45, 2.75) is 18.2 Å². The van der Waals surface area contributed by atoms with E-state index in [1.807, 2.05) is 6.07 Å². The van der Waals surface area contributed by atoms with Crippen molar-refractivity contribution in [2.24, 2.45) is 0 Å². The summed E-state index contributed by atoms with van der Waals surface area (Å²) in [5.41, 5.74) is 1.11. The van der Waals surface area contributed by atoms with E-state index in [-0.39, 0.29) is 17.4 Å². The molecule has 0 unspecified atom stereocenters. The molecule has 2 N–H and O–H groups in total. The number of ether oxygens (including phenoxy) is 2. The number of sulfonamides is 1. The van der Waals surface area contributed by atoms with E-state index in [0.29, 0.717) is 30.2 Å². The zero-order valence-corrected chi connectivity index (χ0v) is 16.2. The first-order valence-corrected chi connectivity index (χ1v) is 9.97. The molecule has 2 aromatic carbocycles. The van der Waals surface area contributed by atoms with Crippen LogP contribution < -0.4 is 14.8 Å². The number of nitrogens with one attached hydrogen (secondary N) is 2. The van der Waals surface area contributed by atoms with Gasteiger partial charge in [0.05, 0.1) is 4.90 Å². The van der Waals surface area contributed by atoms with E-state index in [1.165, 1.54) is 12.1 Å². The van der Waals surface area contributed by atoms with E-state index in [9.17, 15) is 13.2 Å². The molecule has 0 spiro atoms. The van der Waals surface area contributed by atoms with Crippen molar-refractivity contribution < 1.29 is 22.7 Å². The number of hydrogen-bond donors (Lipinski definition) is 2. The van der Waals surface area contributed by atoms with Crippen LogP contribution in [0.1, 0.15) is 12.0 Å². The lowest BCUT2D eigenvalue weighted by molar-refractivity contribution is -0.123. The smallest absolute Gasteiger partial charge is 0.261 e. The maximum Gasteiger partial charge on any atom is 0.261 e. The molecule has 0 aliphatic carbocycles. The summed E-state index contributed by atoms with van der Waals surface area (Å²) in [5, 5.41) is 2.72. The zero-order chi connectivity index (χ0) is 19.7. The van der Waals surface area contributed by atoms with Gasteiger partial charge < -0.3 is 14.8 Å². The predicted molar refractivity (Wildman–Crippen MR) is 103 cm³/mol. The number of rotatable bonds is 10. The van der Waals surface area contributed by atoms with Crippen LogP contribution >= 0.6 is 0 Å². The molecule has 7 nitrogen and oxygen atoms in total. The lowest BCUT2D eigenvalue weighted by Gasteiger charge is -2.12. The maximum atomic E-state index is 12.5. The zero-order valence-electron chi connectivity index (χ0n) is 15.4. The highest BCUT2D eigenvalue weighted by atomic mass is 32.2. The number of benzene rings is 2. The van der Waals surface area contributed by atoms with Crippen LogP contribution in [0, 0.1) is 6.92 Å². The number of hydrogen-bond acceptors (Lipinski definition) is 5. The Hall–Kier alpha value is -2.58. The highest BCUT2D eigenvalue weighted by molar-refractivity contribution is 7.92. The monoisotopic (exact) mass is 392 g/mol. The van der Waals surface area contributed by atoms with E-state index >= 15 is 0 Å². The van der Waals surface area contributed by atoms with Gasteiger partial charge in [0.2, 0.25) is 0 Å². The topological polar surface area (TPSA) is 93.7 Å². The number of carbonyl (C=O) groups excluding carboxylic acids is 1. The Morgan fingerprint density at radius 3 is 2.52 bits per heavy atom. The lowest BCUT2D eigenvalue weighted by Crippen LogP contribution is -2.30. The SMILES string of the molecule is COCCCNC(=O)COc1ccc(S(=O)(=O)Nc2ccccc2)cc1C. The minimum Gasteiger partial charge on any atom is -0.484 e. The maximum absolute atomic E-state index is 12.5. The van der Waals surface area contributed by atoms with Gasteiger partial charge in [-0.3, -0.25) is 9.52 Å². The van der Waals surface area contributed by atoms with Crippen molar-refractivity contribution in [1.82, 2.24) is 5.32 Å². The van der Waals surface area contributed by atoms with Crippen molar-refractivity contribution in [3.63, 3.8) is 0 Å². The van der Waals surface area contributed by atoms with Gasteiger partial charge in [0.1, 0.15) is 5.75 Å². The van der Waals surface area contributed by atoms with Crippen molar-refractivity contribution in [2.75, 3.05) is 31.6 Å². The van der Waals surface area contributed by atoms with Crippen LogP contribution in [0.5, 0.6) is 5.75 Å². The standard InChI is InChI=1S/C19H24N2O5S/c1-15-13-17(27(23,24)21-16-7-4-3-5-8-16)9-10-18(15)26-14-19(22)20-11-6-12-25-2/h3-5,7-10,13,21H,6,11-12,14H2,1-2H3,(H,20,22). The molecule has 0 saturated carbocycles. The average molecular weight is 392 g/mol. The predicted octanol–water partition coefficient (Wildman–Crippen LogP) is 2.33. The summed E-state index contributed by atoms with van der Waals surface area (Å²) in [5.74, 6) is 0.216. The molecule has 0 atom stereocenters. The number of amides is 1. The van der Waals surface area contributed by atoms with Crippen molar-refractivity contribution >= 4 is 21.6 Å². The Kier molecular flexibility index (Phi) is 7.63. The molecule has 146 valence electrons. The van der Waals surface area contributed by atoms with Gasteiger partial charge >= 0.3 is 0 Å². The van der Waals surface area contributed by atoms with Crippen molar-refractivity contribution in [3.8, 4) is 5.75 Å². The molecule has 0 heterocycles. The molecule has 2 aromatic rings. The third-order valence-electron chi connectivity index (χ3n) is 3.69. The van der Waals surface area contributed by atoms with Gasteiger partial charge in [-0.2, -0.15) is 0 Å². The van der Waals surface area contributed by atoms with Gasteiger partial charge in [-0.25, -0.2) is 8.42 Å². The molecule has 1 amide bonds. The summed E-state index contributed by atoms with van der Waals surface area (Å²) >= 11 is 0. The highest BCUT2D eigenvalue weighted by Gasteiger charge is 2.16. The highest BCUT2D eigenvalue weighted by Crippen LogP contribution is 2.23. The van der Waals surface area contributed by atoms with Gasteiger partial charge in [-0.1, -0.05) is 18.2 Å².